The fourth-order valence-electron chi connectivity index (χ4n) is 1.28. The topological polar surface area (TPSA) is 81.0 Å². The van der Waals surface area contributed by atoms with Crippen molar-refractivity contribution in [3.8, 4) is 0 Å². The Morgan fingerprint density at radius 1 is 1.60 bits per heavy atom. The number of nitrogens with zero attached hydrogens (tertiary/aromatic N) is 1. The Balaban J connectivity index is 2.81. The van der Waals surface area contributed by atoms with Crippen LogP contribution in [0.2, 0.25) is 0 Å². The van der Waals surface area contributed by atoms with Gasteiger partial charge in [0.25, 0.3) is 0 Å². The summed E-state index contributed by atoms with van der Waals surface area (Å²) in [5.41, 5.74) is 5.86. The molecule has 3 N–H and O–H groups in total. The maximum atomic E-state index is 11.4. The highest BCUT2D eigenvalue weighted by Crippen LogP contribution is 2.12. The average Bonchev–Trinajstić information content (AvgIpc) is 2.46. The fourth-order valence-corrected chi connectivity index (χ4v) is 1.28. The molecule has 1 aromatic heterocycles. The van der Waals surface area contributed by atoms with Crippen LogP contribution in [0.1, 0.15) is 37.1 Å². The Kier molecular flexibility index (Phi) is 3.71. The number of nitrogens with two attached hydrogens (primary N) is 1. The highest BCUT2D eigenvalue weighted by Gasteiger charge is 2.16. The molecule has 1 heterocycles. The molecule has 5 nitrogen and oxygen atoms in total. The van der Waals surface area contributed by atoms with Gasteiger partial charge >= 0.3 is 5.97 Å². The number of carbonyl (C=O) groups is 1. The molecule has 1 aromatic rings. The summed E-state index contributed by atoms with van der Waals surface area (Å²) in [7, 11) is 0. The molecule has 0 saturated heterocycles. The van der Waals surface area contributed by atoms with Gasteiger partial charge in [0, 0.05) is 6.42 Å². The third-order valence-electron chi connectivity index (χ3n) is 1.86. The van der Waals surface area contributed by atoms with Crippen molar-refractivity contribution in [3.63, 3.8) is 0 Å². The predicted molar refractivity (Wildman–Crippen MR) is 57.5 cm³/mol. The second-order valence-corrected chi connectivity index (χ2v) is 3.76. The zero-order valence-corrected chi connectivity index (χ0v) is 9.33. The van der Waals surface area contributed by atoms with Gasteiger partial charge in [-0.05, 0) is 12.8 Å². The fraction of sp³-hybridized carbons (Fsp3) is 0.600. The third kappa shape index (κ3) is 2.97. The van der Waals surface area contributed by atoms with Crippen LogP contribution in [-0.4, -0.2) is 22.5 Å². The van der Waals surface area contributed by atoms with Gasteiger partial charge in [-0.25, -0.2) is 9.78 Å². The van der Waals surface area contributed by atoms with Crippen molar-refractivity contribution in [1.29, 1.82) is 0 Å². The minimum atomic E-state index is -0.447. The van der Waals surface area contributed by atoms with Crippen molar-refractivity contribution in [1.82, 2.24) is 9.97 Å². The smallest absolute Gasteiger partial charge is 0.358 e. The molecule has 1 rings (SSSR count). The molecule has 0 amide bonds. The van der Waals surface area contributed by atoms with Crippen molar-refractivity contribution < 1.29 is 9.53 Å². The Bertz CT molecular complexity index is 344. The first-order chi connectivity index (χ1) is 7.04. The maximum absolute atomic E-state index is 11.4. The minimum absolute atomic E-state index is 0.212. The van der Waals surface area contributed by atoms with Crippen LogP contribution in [0.15, 0.2) is 0 Å². The van der Waals surface area contributed by atoms with Gasteiger partial charge in [-0.15, -0.1) is 0 Å². The van der Waals surface area contributed by atoms with Crippen LogP contribution in [0.5, 0.6) is 0 Å². The van der Waals surface area contributed by atoms with Gasteiger partial charge in [0.1, 0.15) is 5.82 Å². The van der Waals surface area contributed by atoms with Crippen molar-refractivity contribution in [3.05, 3.63) is 11.5 Å². The normalized spacial score (nSPS) is 10.7. The van der Waals surface area contributed by atoms with Gasteiger partial charge in [0.05, 0.1) is 6.61 Å². The molecule has 0 saturated carbocycles. The highest BCUT2D eigenvalue weighted by molar-refractivity contribution is 5.92. The molecule has 0 fully saturated rings. The number of imidazole rings is 1. The molecular formula is C10H17N3O2. The van der Waals surface area contributed by atoms with Crippen molar-refractivity contribution >= 4 is 11.8 Å². The van der Waals surface area contributed by atoms with Gasteiger partial charge in [0.2, 0.25) is 0 Å². The minimum Gasteiger partial charge on any atom is -0.461 e. The predicted octanol–water partition coefficient (Wildman–Crippen LogP) is 1.37. The number of anilines is 1. The molecule has 84 valence electrons. The van der Waals surface area contributed by atoms with E-state index in [2.05, 4.69) is 23.8 Å². The number of hydrogen-bond donors (Lipinski definition) is 2. The number of nitrogens with one attached hydrogen (secondary N) is 1. The van der Waals surface area contributed by atoms with Crippen LogP contribution in [0, 0.1) is 5.92 Å². The Morgan fingerprint density at radius 2 is 2.27 bits per heavy atom. The van der Waals surface area contributed by atoms with E-state index in [0.717, 1.165) is 12.2 Å². The number of ether oxygens (including phenoxy) is 1. The number of aromatic amines is 1. The molecule has 0 aliphatic rings. The van der Waals surface area contributed by atoms with Crippen LogP contribution in [0.25, 0.3) is 0 Å². The zero-order valence-electron chi connectivity index (χ0n) is 9.33. The molecule has 0 bridgehead atoms. The standard InChI is InChI=1S/C10H17N3O2/c1-4-15-10(14)8-9(11)13-7(12-8)5-6(2)3/h6H,4-5,11H2,1-3H3,(H,12,13). The number of carbonyl (C=O) groups excluding carboxylic acids is 1. The lowest BCUT2D eigenvalue weighted by Crippen LogP contribution is -2.07. The summed E-state index contributed by atoms with van der Waals surface area (Å²) in [6.07, 6.45) is 0.767. The van der Waals surface area contributed by atoms with E-state index in [1.54, 1.807) is 6.92 Å². The summed E-state index contributed by atoms with van der Waals surface area (Å²) < 4.78 is 4.84. The molecule has 0 aliphatic heterocycles. The average molecular weight is 211 g/mol. The molecule has 0 radical (unpaired) electrons. The summed E-state index contributed by atoms with van der Waals surface area (Å²) in [6.45, 7) is 6.22. The number of rotatable bonds is 4. The Hall–Kier alpha value is -1.52. The zero-order chi connectivity index (χ0) is 11.4. The van der Waals surface area contributed by atoms with Crippen LogP contribution in [0.3, 0.4) is 0 Å². The molecule has 0 spiro atoms. The van der Waals surface area contributed by atoms with E-state index < -0.39 is 5.97 Å². The number of hydrogen-bond acceptors (Lipinski definition) is 4. The third-order valence-corrected chi connectivity index (χ3v) is 1.86. The quantitative estimate of drug-likeness (QED) is 0.737. The van der Waals surface area contributed by atoms with E-state index in [4.69, 9.17) is 10.5 Å². The van der Waals surface area contributed by atoms with Gasteiger partial charge in [-0.3, -0.25) is 0 Å². The molecule has 0 unspecified atom stereocenters. The van der Waals surface area contributed by atoms with Crippen molar-refractivity contribution in [2.75, 3.05) is 12.3 Å². The summed E-state index contributed by atoms with van der Waals surface area (Å²) in [4.78, 5) is 18.4. The van der Waals surface area contributed by atoms with Gasteiger partial charge in [-0.1, -0.05) is 13.8 Å². The van der Waals surface area contributed by atoms with Gasteiger partial charge < -0.3 is 15.5 Å². The summed E-state index contributed by atoms with van der Waals surface area (Å²) in [5.74, 6) is 0.956. The van der Waals surface area contributed by atoms with Crippen molar-refractivity contribution in [2.45, 2.75) is 27.2 Å². The number of H-pyrrole nitrogens is 1. The van der Waals surface area contributed by atoms with E-state index in [-0.39, 0.29) is 11.5 Å². The molecular weight excluding hydrogens is 194 g/mol. The monoisotopic (exact) mass is 211 g/mol. The summed E-state index contributed by atoms with van der Waals surface area (Å²) in [6, 6.07) is 0. The molecule has 0 aromatic carbocycles. The molecule has 0 atom stereocenters. The second kappa shape index (κ2) is 4.82. The lowest BCUT2D eigenvalue weighted by Gasteiger charge is -2.00. The van der Waals surface area contributed by atoms with Crippen LogP contribution in [0.4, 0.5) is 5.82 Å². The summed E-state index contributed by atoms with van der Waals surface area (Å²) in [5, 5.41) is 0. The Morgan fingerprint density at radius 3 is 2.80 bits per heavy atom. The van der Waals surface area contributed by atoms with Gasteiger partial charge in [0.15, 0.2) is 11.5 Å². The van der Waals surface area contributed by atoms with Gasteiger partial charge in [-0.2, -0.15) is 0 Å². The second-order valence-electron chi connectivity index (χ2n) is 3.76. The van der Waals surface area contributed by atoms with E-state index in [9.17, 15) is 4.79 Å². The van der Waals surface area contributed by atoms with Crippen LogP contribution >= 0.6 is 0 Å². The maximum Gasteiger partial charge on any atom is 0.358 e. The molecule has 5 heteroatoms. The largest absolute Gasteiger partial charge is 0.461 e. The number of aromatic nitrogens is 2. The highest BCUT2D eigenvalue weighted by atomic mass is 16.5. The van der Waals surface area contributed by atoms with E-state index in [1.807, 2.05) is 0 Å². The van der Waals surface area contributed by atoms with E-state index in [0.29, 0.717) is 12.5 Å². The van der Waals surface area contributed by atoms with E-state index >= 15 is 0 Å². The first-order valence-electron chi connectivity index (χ1n) is 5.06. The SMILES string of the molecule is CCOC(=O)c1[nH]c(CC(C)C)nc1N. The first kappa shape index (κ1) is 11.6. The summed E-state index contributed by atoms with van der Waals surface area (Å²) >= 11 is 0. The Labute approximate surface area is 89.0 Å². The molecule has 0 aliphatic carbocycles. The molecule has 15 heavy (non-hydrogen) atoms. The number of esters is 1. The van der Waals surface area contributed by atoms with Crippen LogP contribution < -0.4 is 5.73 Å². The van der Waals surface area contributed by atoms with Crippen molar-refractivity contribution in [2.24, 2.45) is 5.92 Å². The lowest BCUT2D eigenvalue weighted by atomic mass is 10.1. The van der Waals surface area contributed by atoms with Crippen LogP contribution in [-0.2, 0) is 11.2 Å². The van der Waals surface area contributed by atoms with E-state index in [1.165, 1.54) is 0 Å². The lowest BCUT2D eigenvalue weighted by molar-refractivity contribution is 0.0521. The number of nitrogen functional groups attached to an aromatic ring is 1. The first-order valence-corrected chi connectivity index (χ1v) is 5.06.